The molecule has 0 radical (unpaired) electrons. The Bertz CT molecular complexity index is 839. The molecule has 27 heavy (non-hydrogen) atoms. The van der Waals surface area contributed by atoms with Crippen LogP contribution >= 0.6 is 11.6 Å². The zero-order valence-corrected chi connectivity index (χ0v) is 15.6. The van der Waals surface area contributed by atoms with Gasteiger partial charge in [0.05, 0.1) is 0 Å². The minimum Gasteiger partial charge on any atom is -0.465 e. The second kappa shape index (κ2) is 8.39. The number of carbonyl (C=O) groups excluding carboxylic acids is 1. The summed E-state index contributed by atoms with van der Waals surface area (Å²) in [5, 5.41) is 18.4. The van der Waals surface area contributed by atoms with Crippen LogP contribution in [-0.2, 0) is 0 Å². The van der Waals surface area contributed by atoms with Crippen molar-refractivity contribution in [3.8, 4) is 11.3 Å². The van der Waals surface area contributed by atoms with E-state index in [1.165, 1.54) is 0 Å². The van der Waals surface area contributed by atoms with Crippen LogP contribution < -0.4 is 10.6 Å². The highest BCUT2D eigenvalue weighted by atomic mass is 35.5. The van der Waals surface area contributed by atoms with Crippen LogP contribution in [0.1, 0.15) is 41.8 Å². The highest BCUT2D eigenvalue weighted by Gasteiger charge is 2.28. The number of hydrogen-bond acceptors (Lipinski definition) is 5. The largest absolute Gasteiger partial charge is 0.465 e. The Balaban J connectivity index is 1.72. The van der Waals surface area contributed by atoms with Crippen LogP contribution in [0.15, 0.2) is 22.9 Å². The van der Waals surface area contributed by atoms with Gasteiger partial charge >= 0.3 is 6.09 Å². The van der Waals surface area contributed by atoms with E-state index in [4.69, 9.17) is 21.2 Å². The molecule has 1 aliphatic rings. The fourth-order valence-electron chi connectivity index (χ4n) is 3.48. The number of rotatable bonds is 5. The van der Waals surface area contributed by atoms with Crippen molar-refractivity contribution in [2.45, 2.75) is 38.6 Å². The Morgan fingerprint density at radius 2 is 2.22 bits per heavy atom. The highest BCUT2D eigenvalue weighted by Crippen LogP contribution is 2.30. The number of nitrogens with one attached hydrogen (secondary N) is 2. The predicted octanol–water partition coefficient (Wildman–Crippen LogP) is 3.25. The molecular weight excluding hydrogens is 372 g/mol. The maximum atomic E-state index is 12.9. The van der Waals surface area contributed by atoms with Gasteiger partial charge in [-0.15, -0.1) is 0 Å². The van der Waals surface area contributed by atoms with Crippen molar-refractivity contribution in [3.05, 3.63) is 34.8 Å². The Kier molecular flexibility index (Phi) is 5.95. The molecule has 1 saturated carbocycles. The molecular formula is C18H21ClN4O4. The van der Waals surface area contributed by atoms with Crippen LogP contribution in [0.5, 0.6) is 0 Å². The molecule has 2 amide bonds. The summed E-state index contributed by atoms with van der Waals surface area (Å²) >= 11 is 6.14. The molecule has 2 aromatic heterocycles. The van der Waals surface area contributed by atoms with Gasteiger partial charge in [0.1, 0.15) is 22.2 Å². The Labute approximate surface area is 161 Å². The highest BCUT2D eigenvalue weighted by molar-refractivity contribution is 6.32. The van der Waals surface area contributed by atoms with Crippen molar-refractivity contribution < 1.29 is 19.2 Å². The van der Waals surface area contributed by atoms with Gasteiger partial charge in [-0.1, -0.05) is 23.2 Å². The van der Waals surface area contributed by atoms with E-state index >= 15 is 0 Å². The number of aryl methyl sites for hydroxylation is 1. The zero-order chi connectivity index (χ0) is 19.4. The third kappa shape index (κ3) is 4.57. The van der Waals surface area contributed by atoms with Crippen LogP contribution in [0.25, 0.3) is 11.3 Å². The van der Waals surface area contributed by atoms with Gasteiger partial charge in [-0.25, -0.2) is 9.78 Å². The molecule has 2 atom stereocenters. The first-order valence-corrected chi connectivity index (χ1v) is 9.18. The average molecular weight is 393 g/mol. The van der Waals surface area contributed by atoms with Crippen molar-refractivity contribution in [3.63, 3.8) is 0 Å². The molecule has 144 valence electrons. The SMILES string of the molecule is Cc1onc(-c2cccnc2Cl)c1C(=O)NC1CCCC(CNC(=O)O)C1. The molecule has 3 rings (SSSR count). The topological polar surface area (TPSA) is 117 Å². The minimum atomic E-state index is -1.03. The first kappa shape index (κ1) is 19.2. The summed E-state index contributed by atoms with van der Waals surface area (Å²) in [5.41, 5.74) is 1.24. The fourth-order valence-corrected chi connectivity index (χ4v) is 3.69. The first-order valence-electron chi connectivity index (χ1n) is 8.80. The van der Waals surface area contributed by atoms with Gasteiger partial charge in [0.2, 0.25) is 0 Å². The summed E-state index contributed by atoms with van der Waals surface area (Å²) < 4.78 is 5.23. The second-order valence-corrected chi connectivity index (χ2v) is 7.05. The number of carbonyl (C=O) groups is 2. The predicted molar refractivity (Wildman–Crippen MR) is 98.7 cm³/mol. The maximum absolute atomic E-state index is 12.9. The van der Waals surface area contributed by atoms with Gasteiger partial charge in [-0.2, -0.15) is 0 Å². The quantitative estimate of drug-likeness (QED) is 0.672. The Morgan fingerprint density at radius 1 is 1.41 bits per heavy atom. The molecule has 9 heteroatoms. The lowest BCUT2D eigenvalue weighted by atomic mass is 9.85. The lowest BCUT2D eigenvalue weighted by Gasteiger charge is -2.29. The number of amides is 2. The molecule has 2 heterocycles. The monoisotopic (exact) mass is 392 g/mol. The van der Waals surface area contributed by atoms with Crippen LogP contribution in [-0.4, -0.2) is 39.8 Å². The molecule has 0 saturated heterocycles. The standard InChI is InChI=1S/C18H21ClN4O4/c1-10-14(15(23-27-10)13-6-3-7-20-16(13)19)17(24)22-12-5-2-4-11(8-12)9-21-18(25)26/h3,6-7,11-12,21H,2,4-5,8-9H2,1H3,(H,22,24)(H,25,26). The Hall–Kier alpha value is -2.61. The molecule has 0 bridgehead atoms. The van der Waals surface area contributed by atoms with E-state index in [1.807, 2.05) is 0 Å². The molecule has 0 aliphatic heterocycles. The average Bonchev–Trinajstić information content (AvgIpc) is 3.02. The van der Waals surface area contributed by atoms with Crippen LogP contribution in [0, 0.1) is 12.8 Å². The van der Waals surface area contributed by atoms with E-state index in [1.54, 1.807) is 25.3 Å². The normalized spacial score (nSPS) is 19.5. The first-order chi connectivity index (χ1) is 13.0. The van der Waals surface area contributed by atoms with Gasteiger partial charge in [0.15, 0.2) is 0 Å². The summed E-state index contributed by atoms with van der Waals surface area (Å²) in [7, 11) is 0. The molecule has 2 aromatic rings. The molecule has 2 unspecified atom stereocenters. The third-order valence-corrected chi connectivity index (χ3v) is 5.07. The van der Waals surface area contributed by atoms with E-state index in [0.717, 1.165) is 25.7 Å². The molecule has 3 N–H and O–H groups in total. The van der Waals surface area contributed by atoms with Crippen molar-refractivity contribution in [2.75, 3.05) is 6.54 Å². The fraction of sp³-hybridized carbons (Fsp3) is 0.444. The molecule has 0 aromatic carbocycles. The lowest BCUT2D eigenvalue weighted by molar-refractivity contribution is 0.0917. The Morgan fingerprint density at radius 3 is 2.96 bits per heavy atom. The van der Waals surface area contributed by atoms with E-state index in [9.17, 15) is 9.59 Å². The van der Waals surface area contributed by atoms with Crippen LogP contribution in [0.4, 0.5) is 4.79 Å². The molecule has 8 nitrogen and oxygen atoms in total. The number of nitrogens with zero attached hydrogens (tertiary/aromatic N) is 2. The van der Waals surface area contributed by atoms with Gasteiger partial charge in [-0.3, -0.25) is 4.79 Å². The van der Waals surface area contributed by atoms with Gasteiger partial charge in [0, 0.05) is 24.3 Å². The van der Waals surface area contributed by atoms with Crippen LogP contribution in [0.3, 0.4) is 0 Å². The van der Waals surface area contributed by atoms with Crippen molar-refractivity contribution in [1.29, 1.82) is 0 Å². The van der Waals surface area contributed by atoms with Gasteiger partial charge in [-0.05, 0) is 44.2 Å². The summed E-state index contributed by atoms with van der Waals surface area (Å²) in [6.45, 7) is 2.07. The van der Waals surface area contributed by atoms with Gasteiger partial charge < -0.3 is 20.3 Å². The summed E-state index contributed by atoms with van der Waals surface area (Å²) in [6.07, 6.45) is 3.98. The maximum Gasteiger partial charge on any atom is 0.404 e. The summed E-state index contributed by atoms with van der Waals surface area (Å²) in [5.74, 6) is 0.332. The number of halogens is 1. The van der Waals surface area contributed by atoms with Crippen molar-refractivity contribution >= 4 is 23.6 Å². The van der Waals surface area contributed by atoms with Crippen molar-refractivity contribution in [2.24, 2.45) is 5.92 Å². The summed E-state index contributed by atoms with van der Waals surface area (Å²) in [4.78, 5) is 27.6. The zero-order valence-electron chi connectivity index (χ0n) is 14.9. The minimum absolute atomic E-state index is 0.0293. The van der Waals surface area contributed by atoms with E-state index in [0.29, 0.717) is 29.1 Å². The van der Waals surface area contributed by atoms with E-state index in [-0.39, 0.29) is 23.0 Å². The molecule has 1 fully saturated rings. The molecule has 1 aliphatic carbocycles. The van der Waals surface area contributed by atoms with E-state index < -0.39 is 6.09 Å². The van der Waals surface area contributed by atoms with Gasteiger partial charge in [0.25, 0.3) is 5.91 Å². The second-order valence-electron chi connectivity index (χ2n) is 6.69. The smallest absolute Gasteiger partial charge is 0.404 e. The van der Waals surface area contributed by atoms with E-state index in [2.05, 4.69) is 20.8 Å². The summed E-state index contributed by atoms with van der Waals surface area (Å²) in [6, 6.07) is 3.42. The molecule has 0 spiro atoms. The van der Waals surface area contributed by atoms with Crippen LogP contribution in [0.2, 0.25) is 5.15 Å². The number of carboxylic acid groups (broad SMARTS) is 1. The lowest BCUT2D eigenvalue weighted by Crippen LogP contribution is -2.41. The number of hydrogen-bond donors (Lipinski definition) is 3. The van der Waals surface area contributed by atoms with Crippen molar-refractivity contribution in [1.82, 2.24) is 20.8 Å². The third-order valence-electron chi connectivity index (χ3n) is 4.76. The number of pyridine rings is 1. The number of aromatic nitrogens is 2.